The van der Waals surface area contributed by atoms with Crippen molar-refractivity contribution in [3.05, 3.63) is 105 Å². The summed E-state index contributed by atoms with van der Waals surface area (Å²) in [4.78, 5) is 25.4. The number of hydrogen-bond acceptors (Lipinski definition) is 4. The normalized spacial score (nSPS) is 13.2. The van der Waals surface area contributed by atoms with Gasteiger partial charge in [-0.25, -0.2) is 4.68 Å². The number of nitrogens with zero attached hydrogens (tertiary/aromatic N) is 4. The van der Waals surface area contributed by atoms with Gasteiger partial charge in [-0.05, 0) is 42.7 Å². The van der Waals surface area contributed by atoms with Crippen molar-refractivity contribution in [3.63, 3.8) is 0 Å². The van der Waals surface area contributed by atoms with E-state index in [-0.39, 0.29) is 17.4 Å². The number of para-hydroxylation sites is 1. The molecule has 1 aliphatic carbocycles. The maximum absolute atomic E-state index is 13.1. The molecule has 0 saturated heterocycles. The average Bonchev–Trinajstić information content (AvgIpc) is 3.55. The lowest BCUT2D eigenvalue weighted by Gasteiger charge is -2.11. The molecule has 32 heavy (non-hydrogen) atoms. The third-order valence-electron chi connectivity index (χ3n) is 5.42. The number of hydrogen-bond donors (Lipinski definition) is 1. The molecule has 0 radical (unpaired) electrons. The number of carbonyl (C=O) groups excluding carboxylic acids is 1. The Balaban J connectivity index is 1.42. The lowest BCUT2D eigenvalue weighted by atomic mass is 10.2. The van der Waals surface area contributed by atoms with Gasteiger partial charge in [-0.3, -0.25) is 9.59 Å². The highest BCUT2D eigenvalue weighted by atomic mass is 35.5. The zero-order valence-corrected chi connectivity index (χ0v) is 17.9. The first-order valence-electron chi connectivity index (χ1n) is 10.4. The Hall–Kier alpha value is -3.71. The molecule has 1 saturated carbocycles. The van der Waals surface area contributed by atoms with E-state index in [1.165, 1.54) is 10.6 Å². The Kier molecular flexibility index (Phi) is 5.33. The fourth-order valence-electron chi connectivity index (χ4n) is 3.66. The largest absolute Gasteiger partial charge is 0.319 e. The third-order valence-corrected chi connectivity index (χ3v) is 5.79. The lowest BCUT2D eigenvalue weighted by Crippen LogP contribution is -2.22. The number of anilines is 1. The summed E-state index contributed by atoms with van der Waals surface area (Å²) >= 11 is 6.23. The van der Waals surface area contributed by atoms with E-state index in [0.717, 1.165) is 29.8 Å². The van der Waals surface area contributed by atoms with E-state index < -0.39 is 0 Å². The van der Waals surface area contributed by atoms with Gasteiger partial charge in [-0.15, -0.1) is 5.10 Å². The maximum atomic E-state index is 13.1. The van der Waals surface area contributed by atoms with Crippen molar-refractivity contribution in [1.29, 1.82) is 0 Å². The van der Waals surface area contributed by atoms with Gasteiger partial charge in [0, 0.05) is 23.2 Å². The predicted molar refractivity (Wildman–Crippen MR) is 123 cm³/mol. The molecule has 1 fully saturated rings. The van der Waals surface area contributed by atoms with Crippen molar-refractivity contribution in [2.24, 2.45) is 0 Å². The molecule has 2 heterocycles. The van der Waals surface area contributed by atoms with Crippen molar-refractivity contribution >= 4 is 23.2 Å². The fourth-order valence-corrected chi connectivity index (χ4v) is 3.86. The number of halogens is 1. The van der Waals surface area contributed by atoms with Crippen molar-refractivity contribution in [2.45, 2.75) is 25.3 Å². The minimum absolute atomic E-state index is 0.184. The molecule has 160 valence electrons. The topological polar surface area (TPSA) is 81.8 Å². The molecular formula is C24H20ClN5O2. The Morgan fingerprint density at radius 1 is 1.03 bits per heavy atom. The van der Waals surface area contributed by atoms with Crippen LogP contribution in [0.4, 0.5) is 5.69 Å². The van der Waals surface area contributed by atoms with Crippen LogP contribution in [0.2, 0.25) is 5.02 Å². The van der Waals surface area contributed by atoms with Crippen LogP contribution < -0.4 is 10.9 Å². The van der Waals surface area contributed by atoms with Gasteiger partial charge in [0.05, 0.1) is 23.6 Å². The molecule has 5 rings (SSSR count). The molecule has 0 aliphatic heterocycles. The van der Waals surface area contributed by atoms with Gasteiger partial charge >= 0.3 is 0 Å². The molecule has 8 heteroatoms. The molecule has 1 aliphatic rings. The Bertz CT molecular complexity index is 1340. The molecule has 1 amide bonds. The van der Waals surface area contributed by atoms with Gasteiger partial charge < -0.3 is 9.88 Å². The fraction of sp³-hybridized carbons (Fsp3) is 0.167. The van der Waals surface area contributed by atoms with E-state index in [4.69, 9.17) is 11.6 Å². The highest BCUT2D eigenvalue weighted by Gasteiger charge is 2.34. The van der Waals surface area contributed by atoms with Crippen molar-refractivity contribution < 1.29 is 4.79 Å². The molecule has 2 aromatic carbocycles. The number of benzene rings is 2. The van der Waals surface area contributed by atoms with Crippen LogP contribution in [-0.4, -0.2) is 25.5 Å². The van der Waals surface area contributed by atoms with Crippen LogP contribution in [0.25, 0.3) is 5.69 Å². The summed E-state index contributed by atoms with van der Waals surface area (Å²) in [6.45, 7) is 0.305. The maximum Gasteiger partial charge on any atom is 0.278 e. The molecule has 0 unspecified atom stereocenters. The van der Waals surface area contributed by atoms with Gasteiger partial charge in [-0.1, -0.05) is 53.2 Å². The van der Waals surface area contributed by atoms with Crippen LogP contribution in [-0.2, 0) is 6.54 Å². The van der Waals surface area contributed by atoms with E-state index in [1.54, 1.807) is 23.0 Å². The van der Waals surface area contributed by atoms with Crippen LogP contribution in [0.1, 0.15) is 40.5 Å². The highest BCUT2D eigenvalue weighted by Crippen LogP contribution is 2.42. The molecule has 0 spiro atoms. The molecule has 0 bridgehead atoms. The van der Waals surface area contributed by atoms with E-state index >= 15 is 0 Å². The number of pyridine rings is 1. The van der Waals surface area contributed by atoms with Crippen molar-refractivity contribution in [1.82, 2.24) is 19.6 Å². The second-order valence-electron chi connectivity index (χ2n) is 7.77. The highest BCUT2D eigenvalue weighted by molar-refractivity contribution is 6.31. The summed E-state index contributed by atoms with van der Waals surface area (Å²) in [6.07, 6.45) is 3.62. The Labute approximate surface area is 189 Å². The first kappa shape index (κ1) is 20.2. The quantitative estimate of drug-likeness (QED) is 0.480. The molecule has 1 N–H and O–H groups in total. The smallest absolute Gasteiger partial charge is 0.278 e. The summed E-state index contributed by atoms with van der Waals surface area (Å²) in [5.74, 6) is -0.0860. The summed E-state index contributed by atoms with van der Waals surface area (Å²) in [6, 6.07) is 20.0. The second kappa shape index (κ2) is 8.43. The Morgan fingerprint density at radius 2 is 1.78 bits per heavy atom. The van der Waals surface area contributed by atoms with E-state index in [9.17, 15) is 9.59 Å². The number of nitrogens with one attached hydrogen (secondary N) is 1. The van der Waals surface area contributed by atoms with Crippen LogP contribution in [0, 0.1) is 0 Å². The molecular weight excluding hydrogens is 426 g/mol. The molecule has 2 aromatic heterocycles. The zero-order chi connectivity index (χ0) is 22.1. The van der Waals surface area contributed by atoms with Gasteiger partial charge in [0.15, 0.2) is 5.69 Å². The van der Waals surface area contributed by atoms with Gasteiger partial charge in [-0.2, -0.15) is 0 Å². The van der Waals surface area contributed by atoms with Crippen LogP contribution in [0.5, 0.6) is 0 Å². The zero-order valence-electron chi connectivity index (χ0n) is 17.1. The molecule has 0 atom stereocenters. The second-order valence-corrected chi connectivity index (χ2v) is 8.18. The Morgan fingerprint density at radius 3 is 2.53 bits per heavy atom. The van der Waals surface area contributed by atoms with Crippen LogP contribution in [0.15, 0.2) is 77.7 Å². The first-order chi connectivity index (χ1) is 15.6. The summed E-state index contributed by atoms with van der Waals surface area (Å²) in [5, 5.41) is 11.9. The summed E-state index contributed by atoms with van der Waals surface area (Å²) in [5.41, 5.74) is 3.13. The average molecular weight is 446 g/mol. The minimum atomic E-state index is -0.350. The van der Waals surface area contributed by atoms with Crippen LogP contribution in [0.3, 0.4) is 0 Å². The third kappa shape index (κ3) is 4.07. The summed E-state index contributed by atoms with van der Waals surface area (Å²) in [7, 11) is 0. The molecule has 4 aromatic rings. The predicted octanol–water partition coefficient (Wildman–Crippen LogP) is 4.26. The van der Waals surface area contributed by atoms with Gasteiger partial charge in [0.2, 0.25) is 0 Å². The first-order valence-corrected chi connectivity index (χ1v) is 10.7. The SMILES string of the molecule is O=C(Nc1ccc(=O)n(Cc2ccccc2Cl)c1)c1nnn(-c2ccccc2)c1C1CC1. The number of aromatic nitrogens is 4. The minimum Gasteiger partial charge on any atom is -0.319 e. The lowest BCUT2D eigenvalue weighted by molar-refractivity contribution is 0.102. The van der Waals surface area contributed by atoms with Gasteiger partial charge in [0.25, 0.3) is 11.5 Å². The van der Waals surface area contributed by atoms with Gasteiger partial charge in [0.1, 0.15) is 0 Å². The standard InChI is InChI=1S/C24H20ClN5O2/c25-20-9-5-4-6-17(20)14-29-15-18(12-13-21(29)31)26-24(32)22-23(16-10-11-16)30(28-27-22)19-7-2-1-3-8-19/h1-9,12-13,15-16H,10-11,14H2,(H,26,32). The number of carbonyl (C=O) groups is 1. The van der Waals surface area contributed by atoms with E-state index in [0.29, 0.717) is 22.9 Å². The van der Waals surface area contributed by atoms with E-state index in [2.05, 4.69) is 15.6 Å². The monoisotopic (exact) mass is 445 g/mol. The van der Waals surface area contributed by atoms with E-state index in [1.807, 2.05) is 48.5 Å². The summed E-state index contributed by atoms with van der Waals surface area (Å²) < 4.78 is 3.25. The van der Waals surface area contributed by atoms with Crippen LogP contribution >= 0.6 is 11.6 Å². The van der Waals surface area contributed by atoms with Crippen molar-refractivity contribution in [3.8, 4) is 5.69 Å². The number of amides is 1. The van der Waals surface area contributed by atoms with Crippen molar-refractivity contribution in [2.75, 3.05) is 5.32 Å². The number of rotatable bonds is 6. The molecule has 7 nitrogen and oxygen atoms in total.